The van der Waals surface area contributed by atoms with Crippen LogP contribution in [0.15, 0.2) is 24.3 Å². The first-order valence-electron chi connectivity index (χ1n) is 4.87. The number of anilines is 1. The van der Waals surface area contributed by atoms with Crippen molar-refractivity contribution in [2.24, 2.45) is 0 Å². The molecule has 0 saturated carbocycles. The van der Waals surface area contributed by atoms with Gasteiger partial charge in [0.15, 0.2) is 0 Å². The Morgan fingerprint density at radius 1 is 1.24 bits per heavy atom. The number of hydrogen-bond acceptors (Lipinski definition) is 3. The van der Waals surface area contributed by atoms with E-state index < -0.39 is 6.36 Å². The van der Waals surface area contributed by atoms with E-state index in [0.717, 1.165) is 0 Å². The third-order valence-corrected chi connectivity index (χ3v) is 2.20. The Morgan fingerprint density at radius 2 is 1.88 bits per heavy atom. The van der Waals surface area contributed by atoms with Crippen LogP contribution in [-0.2, 0) is 4.79 Å². The number of nitrogens with zero attached hydrogens (tertiary/aromatic N) is 1. The second kappa shape index (κ2) is 4.15. The molecule has 1 fully saturated rings. The van der Waals surface area contributed by atoms with Crippen molar-refractivity contribution in [2.75, 3.05) is 11.6 Å². The first kappa shape index (κ1) is 11.6. The molecule has 17 heavy (non-hydrogen) atoms. The zero-order valence-corrected chi connectivity index (χ0v) is 8.62. The number of rotatable bonds is 2. The van der Waals surface area contributed by atoms with Gasteiger partial charge in [0.05, 0.1) is 5.69 Å². The summed E-state index contributed by atoms with van der Waals surface area (Å²) in [6.07, 6.45) is -4.32. The number of nitrogens with one attached hydrogen (secondary N) is 1. The topological polar surface area (TPSA) is 41.6 Å². The van der Waals surface area contributed by atoms with Crippen LogP contribution in [0.3, 0.4) is 0 Å². The number of ether oxygens (including phenoxy) is 1. The minimum atomic E-state index is -4.69. The molecule has 1 amide bonds. The van der Waals surface area contributed by atoms with Gasteiger partial charge in [-0.05, 0) is 24.3 Å². The maximum Gasteiger partial charge on any atom is 0.573 e. The van der Waals surface area contributed by atoms with E-state index in [1.807, 2.05) is 0 Å². The van der Waals surface area contributed by atoms with E-state index in [0.29, 0.717) is 18.7 Å². The number of amides is 1. The summed E-state index contributed by atoms with van der Waals surface area (Å²) in [6.45, 7) is 0.498. The Bertz CT molecular complexity index is 417. The summed E-state index contributed by atoms with van der Waals surface area (Å²) in [5, 5.41) is 1.57. The normalized spacial score (nSPS) is 15.9. The van der Waals surface area contributed by atoms with Crippen LogP contribution in [0.25, 0.3) is 0 Å². The van der Waals surface area contributed by atoms with Crippen molar-refractivity contribution in [3.8, 4) is 5.75 Å². The van der Waals surface area contributed by atoms with Gasteiger partial charge >= 0.3 is 6.36 Å². The highest BCUT2D eigenvalue weighted by Crippen LogP contribution is 2.25. The molecule has 1 N–H and O–H groups in total. The number of halogens is 3. The van der Waals surface area contributed by atoms with Gasteiger partial charge in [-0.2, -0.15) is 0 Å². The van der Waals surface area contributed by atoms with Crippen molar-refractivity contribution >= 4 is 11.6 Å². The zero-order chi connectivity index (χ0) is 12.5. The molecule has 7 heteroatoms. The van der Waals surface area contributed by atoms with Crippen LogP contribution in [0.4, 0.5) is 18.9 Å². The van der Waals surface area contributed by atoms with Crippen molar-refractivity contribution < 1.29 is 22.7 Å². The van der Waals surface area contributed by atoms with Crippen LogP contribution in [0.2, 0.25) is 0 Å². The predicted molar refractivity (Wildman–Crippen MR) is 53.2 cm³/mol. The average Bonchev–Trinajstić information content (AvgIpc) is 2.63. The van der Waals surface area contributed by atoms with E-state index in [4.69, 9.17) is 0 Å². The molecular weight excluding hydrogens is 237 g/mol. The summed E-state index contributed by atoms with van der Waals surface area (Å²) >= 11 is 0. The molecule has 1 aromatic rings. The fourth-order valence-electron chi connectivity index (χ4n) is 1.50. The third kappa shape index (κ3) is 3.02. The Balaban J connectivity index is 2.05. The Hall–Kier alpha value is -1.92. The lowest BCUT2D eigenvalue weighted by Gasteiger charge is -2.17. The summed E-state index contributed by atoms with van der Waals surface area (Å²) < 4.78 is 39.4. The van der Waals surface area contributed by atoms with Crippen molar-refractivity contribution in [3.63, 3.8) is 0 Å². The molecule has 4 nitrogen and oxygen atoms in total. The first-order valence-corrected chi connectivity index (χ1v) is 4.87. The molecule has 1 saturated heterocycles. The van der Waals surface area contributed by atoms with Gasteiger partial charge in [-0.3, -0.25) is 15.2 Å². The zero-order valence-electron chi connectivity index (χ0n) is 8.62. The Morgan fingerprint density at radius 3 is 2.35 bits per heavy atom. The molecule has 1 aliphatic heterocycles. The van der Waals surface area contributed by atoms with Gasteiger partial charge in [-0.15, -0.1) is 13.2 Å². The minimum Gasteiger partial charge on any atom is -0.406 e. The average molecular weight is 246 g/mol. The van der Waals surface area contributed by atoms with Gasteiger partial charge in [0, 0.05) is 13.0 Å². The van der Waals surface area contributed by atoms with Crippen LogP contribution in [0.5, 0.6) is 5.75 Å². The van der Waals surface area contributed by atoms with Crippen molar-refractivity contribution in [1.82, 2.24) is 5.43 Å². The van der Waals surface area contributed by atoms with Gasteiger partial charge in [0.25, 0.3) is 0 Å². The maximum atomic E-state index is 11.9. The largest absolute Gasteiger partial charge is 0.573 e. The van der Waals surface area contributed by atoms with Crippen LogP contribution < -0.4 is 15.2 Å². The molecule has 2 rings (SSSR count). The summed E-state index contributed by atoms with van der Waals surface area (Å²) in [5.41, 5.74) is 3.19. The number of hydrazine groups is 1. The number of carbonyl (C=O) groups is 1. The van der Waals surface area contributed by atoms with E-state index in [2.05, 4.69) is 10.2 Å². The molecule has 0 radical (unpaired) electrons. The standard InChI is InChI=1S/C10H9F3N2O2/c11-10(12,13)17-8-3-1-7(2-4-8)15-6-5-9(16)14-15/h1-4H,5-6H2,(H,14,16). The molecule has 0 aromatic heterocycles. The summed E-state index contributed by atoms with van der Waals surface area (Å²) in [5.74, 6) is -0.396. The lowest BCUT2D eigenvalue weighted by Crippen LogP contribution is -2.32. The SMILES string of the molecule is O=C1CCN(c2ccc(OC(F)(F)F)cc2)N1. The van der Waals surface area contributed by atoms with Crippen LogP contribution >= 0.6 is 0 Å². The predicted octanol–water partition coefficient (Wildman–Crippen LogP) is 1.83. The summed E-state index contributed by atoms with van der Waals surface area (Å²) in [4.78, 5) is 11.0. The number of carbonyl (C=O) groups excluding carboxylic acids is 1. The van der Waals surface area contributed by atoms with E-state index in [1.165, 1.54) is 24.3 Å². The maximum absolute atomic E-state index is 11.9. The van der Waals surface area contributed by atoms with Gasteiger partial charge in [-0.25, -0.2) is 0 Å². The highest BCUT2D eigenvalue weighted by molar-refractivity contribution is 5.81. The Labute approximate surface area is 94.9 Å². The monoisotopic (exact) mass is 246 g/mol. The molecule has 1 heterocycles. The summed E-state index contributed by atoms with van der Waals surface area (Å²) in [6, 6.07) is 5.31. The molecule has 0 spiro atoms. The number of benzene rings is 1. The molecule has 1 aliphatic rings. The minimum absolute atomic E-state index is 0.111. The molecule has 0 atom stereocenters. The number of alkyl halides is 3. The van der Waals surface area contributed by atoms with Gasteiger partial charge in [0.2, 0.25) is 5.91 Å². The Kier molecular flexibility index (Phi) is 2.83. The first-order chi connectivity index (χ1) is 7.94. The van der Waals surface area contributed by atoms with Crippen LogP contribution in [0.1, 0.15) is 6.42 Å². The van der Waals surface area contributed by atoms with Crippen molar-refractivity contribution in [3.05, 3.63) is 24.3 Å². The van der Waals surface area contributed by atoms with Gasteiger partial charge in [-0.1, -0.05) is 0 Å². The van der Waals surface area contributed by atoms with Crippen molar-refractivity contribution in [2.45, 2.75) is 12.8 Å². The van der Waals surface area contributed by atoms with Crippen LogP contribution in [-0.4, -0.2) is 18.8 Å². The third-order valence-electron chi connectivity index (χ3n) is 2.20. The second-order valence-electron chi connectivity index (χ2n) is 3.48. The summed E-state index contributed by atoms with van der Waals surface area (Å²) in [7, 11) is 0. The van der Waals surface area contributed by atoms with E-state index in [-0.39, 0.29) is 11.7 Å². The highest BCUT2D eigenvalue weighted by atomic mass is 19.4. The molecule has 0 bridgehead atoms. The second-order valence-corrected chi connectivity index (χ2v) is 3.48. The molecule has 92 valence electrons. The highest BCUT2D eigenvalue weighted by Gasteiger charge is 2.31. The van der Waals surface area contributed by atoms with Gasteiger partial charge < -0.3 is 4.74 Å². The molecule has 0 unspecified atom stereocenters. The molecule has 1 aromatic carbocycles. The lowest BCUT2D eigenvalue weighted by molar-refractivity contribution is -0.274. The van der Waals surface area contributed by atoms with Crippen LogP contribution in [0, 0.1) is 0 Å². The van der Waals surface area contributed by atoms with E-state index >= 15 is 0 Å². The smallest absolute Gasteiger partial charge is 0.406 e. The van der Waals surface area contributed by atoms with E-state index in [1.54, 1.807) is 5.01 Å². The quantitative estimate of drug-likeness (QED) is 0.865. The number of hydrogen-bond donors (Lipinski definition) is 1. The van der Waals surface area contributed by atoms with Crippen molar-refractivity contribution in [1.29, 1.82) is 0 Å². The molecular formula is C10H9F3N2O2. The fourth-order valence-corrected chi connectivity index (χ4v) is 1.50. The fraction of sp³-hybridized carbons (Fsp3) is 0.300. The van der Waals surface area contributed by atoms with E-state index in [9.17, 15) is 18.0 Å². The lowest BCUT2D eigenvalue weighted by atomic mass is 10.3. The van der Waals surface area contributed by atoms with Gasteiger partial charge in [0.1, 0.15) is 5.75 Å². The molecule has 0 aliphatic carbocycles.